The van der Waals surface area contributed by atoms with Gasteiger partial charge in [0.05, 0.1) is 11.2 Å². The second-order valence-corrected chi connectivity index (χ2v) is 8.28. The number of halogens is 3. The van der Waals surface area contributed by atoms with E-state index in [1.165, 1.54) is 12.1 Å². The highest BCUT2D eigenvalue weighted by atomic mass is 19.4. The van der Waals surface area contributed by atoms with Gasteiger partial charge in [-0.3, -0.25) is 0 Å². The number of carbonyl (C=O) groups is 1. The van der Waals surface area contributed by atoms with Crippen molar-refractivity contribution in [2.45, 2.75) is 68.7 Å². The number of hydrogen-bond donors (Lipinski definition) is 2. The molecule has 1 aliphatic heterocycles. The van der Waals surface area contributed by atoms with Crippen LogP contribution in [-0.2, 0) is 10.9 Å². The van der Waals surface area contributed by atoms with E-state index >= 15 is 0 Å². The quantitative estimate of drug-likeness (QED) is 0.762. The number of benzene rings is 1. The van der Waals surface area contributed by atoms with Crippen LogP contribution in [0, 0.1) is 0 Å². The zero-order valence-corrected chi connectivity index (χ0v) is 16.5. The molecule has 0 bridgehead atoms. The number of primary amides is 1. The third-order valence-electron chi connectivity index (χ3n) is 6.24. The monoisotopic (exact) mass is 414 g/mol. The number of piperidine rings is 1. The minimum Gasteiger partial charge on any atom is -0.446 e. The Bertz CT molecular complexity index is 697. The molecule has 2 aliphatic rings. The van der Waals surface area contributed by atoms with Crippen LogP contribution >= 0.6 is 0 Å². The molecule has 2 fully saturated rings. The topological polar surface area (TPSA) is 75.8 Å². The standard InChI is InChI=1S/C21H29F3N2O3/c22-21(23,24)16-6-4-5-15(13-16)18(20(28)9-2-1-3-10-20)14-26-11-7-17(8-12-26)29-19(25)27/h4-6,13,17-18,28H,1-3,7-12,14H2,(H2,25,27). The Balaban J connectivity index is 1.79. The zero-order valence-electron chi connectivity index (χ0n) is 16.5. The van der Waals surface area contributed by atoms with E-state index in [-0.39, 0.29) is 6.10 Å². The highest BCUT2D eigenvalue weighted by Gasteiger charge is 2.41. The van der Waals surface area contributed by atoms with Crippen molar-refractivity contribution in [1.29, 1.82) is 0 Å². The fourth-order valence-electron chi connectivity index (χ4n) is 4.66. The first-order valence-electron chi connectivity index (χ1n) is 10.3. The predicted octanol–water partition coefficient (Wildman–Crippen LogP) is 4.04. The van der Waals surface area contributed by atoms with Gasteiger partial charge in [0.15, 0.2) is 0 Å². The van der Waals surface area contributed by atoms with E-state index in [0.717, 1.165) is 25.3 Å². The van der Waals surface area contributed by atoms with Crippen LogP contribution in [0.25, 0.3) is 0 Å². The SMILES string of the molecule is NC(=O)OC1CCN(CC(c2cccc(C(F)(F)F)c2)C2(O)CCCCC2)CC1. The third-order valence-corrected chi connectivity index (χ3v) is 6.24. The Labute approximate surface area is 169 Å². The van der Waals surface area contributed by atoms with Crippen molar-refractivity contribution >= 4 is 6.09 Å². The van der Waals surface area contributed by atoms with Crippen LogP contribution in [-0.4, -0.2) is 47.4 Å². The lowest BCUT2D eigenvalue weighted by Gasteiger charge is -2.43. The molecule has 3 rings (SSSR count). The van der Waals surface area contributed by atoms with Gasteiger partial charge in [-0.1, -0.05) is 37.5 Å². The van der Waals surface area contributed by atoms with Crippen LogP contribution in [0.15, 0.2) is 24.3 Å². The first-order chi connectivity index (χ1) is 13.7. The number of hydrogen-bond acceptors (Lipinski definition) is 4. The Kier molecular flexibility index (Phi) is 6.73. The molecule has 29 heavy (non-hydrogen) atoms. The van der Waals surface area contributed by atoms with Crippen molar-refractivity contribution in [3.8, 4) is 0 Å². The van der Waals surface area contributed by atoms with Gasteiger partial charge in [0.2, 0.25) is 0 Å². The molecule has 0 spiro atoms. The summed E-state index contributed by atoms with van der Waals surface area (Å²) in [7, 11) is 0. The van der Waals surface area contributed by atoms with Gasteiger partial charge in [-0.15, -0.1) is 0 Å². The summed E-state index contributed by atoms with van der Waals surface area (Å²) in [4.78, 5) is 13.1. The van der Waals surface area contributed by atoms with Gasteiger partial charge >= 0.3 is 12.3 Å². The van der Waals surface area contributed by atoms with Crippen molar-refractivity contribution in [1.82, 2.24) is 4.90 Å². The lowest BCUT2D eigenvalue weighted by atomic mass is 9.72. The highest BCUT2D eigenvalue weighted by Crippen LogP contribution is 2.42. The van der Waals surface area contributed by atoms with Gasteiger partial charge in [-0.25, -0.2) is 4.79 Å². The van der Waals surface area contributed by atoms with Crippen LogP contribution in [0.2, 0.25) is 0 Å². The average molecular weight is 414 g/mol. The van der Waals surface area contributed by atoms with Crippen molar-refractivity contribution in [3.63, 3.8) is 0 Å². The number of rotatable bonds is 5. The number of nitrogens with zero attached hydrogens (tertiary/aromatic N) is 1. The molecule has 1 saturated carbocycles. The van der Waals surface area contributed by atoms with Crippen LogP contribution in [0.5, 0.6) is 0 Å². The maximum atomic E-state index is 13.3. The minimum absolute atomic E-state index is 0.228. The molecular formula is C21H29F3N2O3. The van der Waals surface area contributed by atoms with E-state index in [1.54, 1.807) is 6.07 Å². The molecule has 0 radical (unpaired) electrons. The zero-order chi connectivity index (χ0) is 21.1. The fourth-order valence-corrected chi connectivity index (χ4v) is 4.66. The van der Waals surface area contributed by atoms with Gasteiger partial charge in [-0.05, 0) is 37.3 Å². The summed E-state index contributed by atoms with van der Waals surface area (Å²) in [6, 6.07) is 5.36. The third kappa shape index (κ3) is 5.63. The number of amides is 1. The Morgan fingerprint density at radius 2 is 1.90 bits per heavy atom. The van der Waals surface area contributed by atoms with E-state index in [0.29, 0.717) is 50.9 Å². The molecule has 1 heterocycles. The minimum atomic E-state index is -4.42. The number of ether oxygens (including phenoxy) is 1. The number of aliphatic hydroxyl groups is 1. The highest BCUT2D eigenvalue weighted by molar-refractivity contribution is 5.64. The Morgan fingerprint density at radius 1 is 1.24 bits per heavy atom. The summed E-state index contributed by atoms with van der Waals surface area (Å²) in [5.41, 5.74) is 3.91. The van der Waals surface area contributed by atoms with Gasteiger partial charge in [0.1, 0.15) is 6.10 Å². The number of likely N-dealkylation sites (tertiary alicyclic amines) is 1. The Hall–Kier alpha value is -1.80. The maximum absolute atomic E-state index is 13.3. The molecule has 1 aliphatic carbocycles. The second kappa shape index (κ2) is 8.92. The van der Waals surface area contributed by atoms with E-state index < -0.39 is 29.4 Å². The van der Waals surface area contributed by atoms with Crippen LogP contribution < -0.4 is 5.73 Å². The lowest BCUT2D eigenvalue weighted by molar-refractivity contribution is -0.137. The number of alkyl halides is 3. The van der Waals surface area contributed by atoms with Gasteiger partial charge in [-0.2, -0.15) is 13.2 Å². The van der Waals surface area contributed by atoms with Gasteiger partial charge < -0.3 is 20.5 Å². The van der Waals surface area contributed by atoms with Crippen molar-refractivity contribution in [2.75, 3.05) is 19.6 Å². The molecule has 1 aromatic carbocycles. The summed E-state index contributed by atoms with van der Waals surface area (Å²) in [6.45, 7) is 1.76. The van der Waals surface area contributed by atoms with Crippen LogP contribution in [0.4, 0.5) is 18.0 Å². The van der Waals surface area contributed by atoms with E-state index in [1.807, 2.05) is 0 Å². The van der Waals surface area contributed by atoms with Crippen LogP contribution in [0.3, 0.4) is 0 Å². The summed E-state index contributed by atoms with van der Waals surface area (Å²) in [5.74, 6) is -0.404. The molecule has 1 unspecified atom stereocenters. The number of nitrogens with two attached hydrogens (primary N) is 1. The van der Waals surface area contributed by atoms with Crippen molar-refractivity contribution in [2.24, 2.45) is 5.73 Å². The first kappa shape index (κ1) is 21.9. The van der Waals surface area contributed by atoms with Crippen molar-refractivity contribution < 1.29 is 27.8 Å². The Morgan fingerprint density at radius 3 is 2.48 bits per heavy atom. The normalized spacial score (nSPS) is 22.2. The molecule has 1 aromatic rings. The molecular weight excluding hydrogens is 385 g/mol. The van der Waals surface area contributed by atoms with E-state index in [9.17, 15) is 23.1 Å². The first-order valence-corrected chi connectivity index (χ1v) is 10.3. The van der Waals surface area contributed by atoms with Crippen LogP contribution in [0.1, 0.15) is 62.0 Å². The molecule has 1 atom stereocenters. The fraction of sp³-hybridized carbons (Fsp3) is 0.667. The molecule has 1 amide bonds. The molecule has 1 saturated heterocycles. The summed E-state index contributed by atoms with van der Waals surface area (Å²) >= 11 is 0. The van der Waals surface area contributed by atoms with Crippen molar-refractivity contribution in [3.05, 3.63) is 35.4 Å². The van der Waals surface area contributed by atoms with Gasteiger partial charge in [0, 0.05) is 25.6 Å². The second-order valence-electron chi connectivity index (χ2n) is 8.28. The molecule has 0 aromatic heterocycles. The molecule has 3 N–H and O–H groups in total. The lowest BCUT2D eigenvalue weighted by Crippen LogP contribution is -2.47. The average Bonchev–Trinajstić information content (AvgIpc) is 2.67. The summed E-state index contributed by atoms with van der Waals surface area (Å²) in [6.07, 6.45) is -0.220. The predicted molar refractivity (Wildman–Crippen MR) is 102 cm³/mol. The maximum Gasteiger partial charge on any atom is 0.416 e. The van der Waals surface area contributed by atoms with E-state index in [2.05, 4.69) is 4.90 Å². The number of carbonyl (C=O) groups excluding carboxylic acids is 1. The largest absolute Gasteiger partial charge is 0.446 e. The summed E-state index contributed by atoms with van der Waals surface area (Å²) < 4.78 is 44.8. The van der Waals surface area contributed by atoms with Gasteiger partial charge in [0.25, 0.3) is 0 Å². The smallest absolute Gasteiger partial charge is 0.416 e. The molecule has 8 heteroatoms. The molecule has 162 valence electrons. The van der Waals surface area contributed by atoms with E-state index in [4.69, 9.17) is 10.5 Å². The molecule has 5 nitrogen and oxygen atoms in total. The summed E-state index contributed by atoms with van der Waals surface area (Å²) in [5, 5.41) is 11.4.